The van der Waals surface area contributed by atoms with Gasteiger partial charge in [0, 0.05) is 30.5 Å². The molecule has 1 saturated heterocycles. The summed E-state index contributed by atoms with van der Waals surface area (Å²) in [6, 6.07) is 20.2. The van der Waals surface area contributed by atoms with Crippen molar-refractivity contribution in [1.29, 1.82) is 0 Å². The van der Waals surface area contributed by atoms with Gasteiger partial charge in [-0.1, -0.05) is 53.8 Å². The maximum Gasteiger partial charge on any atom is 0.270 e. The minimum atomic E-state index is -0.285. The van der Waals surface area contributed by atoms with Gasteiger partial charge in [0.15, 0.2) is 10.9 Å². The molecule has 1 aliphatic heterocycles. The molecule has 3 aromatic rings. The van der Waals surface area contributed by atoms with Gasteiger partial charge in [0.25, 0.3) is 11.8 Å². The van der Waals surface area contributed by atoms with E-state index in [9.17, 15) is 9.59 Å². The summed E-state index contributed by atoms with van der Waals surface area (Å²) in [6.45, 7) is 1.70. The van der Waals surface area contributed by atoms with Crippen LogP contribution in [-0.4, -0.2) is 36.8 Å². The van der Waals surface area contributed by atoms with Gasteiger partial charge in [-0.05, 0) is 72.7 Å². The second-order valence-corrected chi connectivity index (χ2v) is 10.3. The summed E-state index contributed by atoms with van der Waals surface area (Å²) in [5.41, 5.74) is 4.05. The molecule has 0 bridgehead atoms. The van der Waals surface area contributed by atoms with Crippen LogP contribution in [0.1, 0.15) is 11.1 Å². The molecule has 3 aromatic carbocycles. The summed E-state index contributed by atoms with van der Waals surface area (Å²) in [4.78, 5) is 29.4. The molecule has 184 valence electrons. The summed E-state index contributed by atoms with van der Waals surface area (Å²) in [5, 5.41) is 3.39. The Bertz CT molecular complexity index is 1340. The molecule has 0 radical (unpaired) electrons. The Balaban J connectivity index is 1.37. The van der Waals surface area contributed by atoms with Crippen LogP contribution in [0, 0.1) is 6.92 Å². The van der Waals surface area contributed by atoms with E-state index in [1.165, 1.54) is 11.8 Å². The smallest absolute Gasteiger partial charge is 0.270 e. The number of halogens is 1. The fraction of sp³-hybridized carbons (Fsp3) is 0.148. The number of thioether (sulfide) groups is 1. The Morgan fingerprint density at radius 3 is 2.47 bits per heavy atom. The first kappa shape index (κ1) is 25.8. The molecule has 2 amide bonds. The molecule has 0 aliphatic carbocycles. The molecule has 0 aromatic heterocycles. The van der Waals surface area contributed by atoms with Gasteiger partial charge in [-0.2, -0.15) is 0 Å². The largest absolute Gasteiger partial charge is 0.484 e. The number of carbonyl (C=O) groups excluding carboxylic acids is 2. The zero-order valence-corrected chi connectivity index (χ0v) is 22.3. The van der Waals surface area contributed by atoms with Crippen LogP contribution in [0.5, 0.6) is 5.75 Å². The van der Waals surface area contributed by atoms with Crippen LogP contribution >= 0.6 is 35.6 Å². The summed E-state index contributed by atoms with van der Waals surface area (Å²) >= 11 is 12.8. The van der Waals surface area contributed by atoms with Crippen LogP contribution in [-0.2, 0) is 9.59 Å². The molecule has 9 heteroatoms. The lowest BCUT2D eigenvalue weighted by Gasteiger charge is -2.17. The van der Waals surface area contributed by atoms with Crippen LogP contribution in [0.3, 0.4) is 0 Å². The molecule has 0 saturated carbocycles. The van der Waals surface area contributed by atoms with Crippen LogP contribution in [0.4, 0.5) is 17.1 Å². The normalized spacial score (nSPS) is 14.3. The highest BCUT2D eigenvalue weighted by Gasteiger charge is 2.33. The summed E-state index contributed by atoms with van der Waals surface area (Å²) < 4.78 is 6.09. The molecule has 0 spiro atoms. The third kappa shape index (κ3) is 5.90. The monoisotopic (exact) mass is 537 g/mol. The highest BCUT2D eigenvalue weighted by molar-refractivity contribution is 8.27. The van der Waals surface area contributed by atoms with E-state index in [2.05, 4.69) is 5.32 Å². The Morgan fingerprint density at radius 2 is 1.81 bits per heavy atom. The third-order valence-electron chi connectivity index (χ3n) is 5.51. The van der Waals surface area contributed by atoms with E-state index in [4.69, 9.17) is 28.6 Å². The van der Waals surface area contributed by atoms with Crippen molar-refractivity contribution in [2.45, 2.75) is 6.92 Å². The number of ether oxygens (including phenoxy) is 1. The van der Waals surface area contributed by atoms with E-state index in [0.717, 1.165) is 22.5 Å². The predicted octanol–water partition coefficient (Wildman–Crippen LogP) is 6.14. The minimum absolute atomic E-state index is 0.142. The SMILES string of the molecule is Cc1c(Cl)cccc1NC(=O)COc1ccc(/C=C2\SC(=S)N(c3ccc(N(C)C)cc3)C2=O)cc1. The Kier molecular flexibility index (Phi) is 7.98. The first-order valence-corrected chi connectivity index (χ1v) is 12.7. The highest BCUT2D eigenvalue weighted by atomic mass is 35.5. The lowest BCUT2D eigenvalue weighted by atomic mass is 10.2. The van der Waals surface area contributed by atoms with Crippen LogP contribution in [0.2, 0.25) is 5.02 Å². The van der Waals surface area contributed by atoms with Gasteiger partial charge in [-0.3, -0.25) is 14.5 Å². The number of nitrogens with one attached hydrogen (secondary N) is 1. The minimum Gasteiger partial charge on any atom is -0.484 e. The van der Waals surface area contributed by atoms with E-state index in [-0.39, 0.29) is 18.4 Å². The standard InChI is InChI=1S/C27H24ClN3O3S2/c1-17-22(28)5-4-6-23(17)29-25(32)16-34-21-13-7-18(8-14-21)15-24-26(33)31(27(35)36-24)20-11-9-19(10-12-20)30(2)3/h4-15H,16H2,1-3H3,(H,29,32)/b24-15-. The molecule has 1 aliphatic rings. The Morgan fingerprint density at radius 1 is 1.11 bits per heavy atom. The first-order valence-electron chi connectivity index (χ1n) is 11.1. The van der Waals surface area contributed by atoms with E-state index < -0.39 is 0 Å². The summed E-state index contributed by atoms with van der Waals surface area (Å²) in [7, 11) is 3.93. The summed E-state index contributed by atoms with van der Waals surface area (Å²) in [6.07, 6.45) is 1.80. The molecule has 6 nitrogen and oxygen atoms in total. The number of carbonyl (C=O) groups is 2. The fourth-order valence-electron chi connectivity index (χ4n) is 3.48. The van der Waals surface area contributed by atoms with Crippen molar-refractivity contribution >= 4 is 74.9 Å². The van der Waals surface area contributed by atoms with Crippen molar-refractivity contribution in [2.24, 2.45) is 0 Å². The average molecular weight is 538 g/mol. The van der Waals surface area contributed by atoms with E-state index in [1.54, 1.807) is 41.3 Å². The van der Waals surface area contributed by atoms with Crippen molar-refractivity contribution in [3.63, 3.8) is 0 Å². The second-order valence-electron chi connectivity index (χ2n) is 8.25. The zero-order chi connectivity index (χ0) is 25.8. The van der Waals surface area contributed by atoms with Gasteiger partial charge in [0.2, 0.25) is 0 Å². The van der Waals surface area contributed by atoms with E-state index >= 15 is 0 Å². The van der Waals surface area contributed by atoms with Gasteiger partial charge in [0.05, 0.1) is 10.6 Å². The fourth-order valence-corrected chi connectivity index (χ4v) is 4.95. The highest BCUT2D eigenvalue weighted by Crippen LogP contribution is 2.36. The van der Waals surface area contributed by atoms with Crippen molar-refractivity contribution in [3.05, 3.63) is 87.8 Å². The maximum atomic E-state index is 13.0. The number of amides is 2. The summed E-state index contributed by atoms with van der Waals surface area (Å²) in [5.74, 6) is 0.0984. The van der Waals surface area contributed by atoms with Crippen molar-refractivity contribution in [2.75, 3.05) is 35.8 Å². The molecular weight excluding hydrogens is 514 g/mol. The van der Waals surface area contributed by atoms with Crippen LogP contribution in [0.25, 0.3) is 6.08 Å². The topological polar surface area (TPSA) is 61.9 Å². The molecule has 36 heavy (non-hydrogen) atoms. The number of hydrogen-bond acceptors (Lipinski definition) is 6. The molecule has 4 rings (SSSR count). The number of rotatable bonds is 7. The number of thiocarbonyl (C=S) groups is 1. The molecule has 0 atom stereocenters. The Labute approximate surface area is 224 Å². The van der Waals surface area contributed by atoms with Crippen molar-refractivity contribution in [1.82, 2.24) is 0 Å². The maximum absolute atomic E-state index is 13.0. The number of nitrogens with zero attached hydrogens (tertiary/aromatic N) is 2. The molecule has 1 heterocycles. The molecule has 1 fully saturated rings. The molecular formula is C27H24ClN3O3S2. The van der Waals surface area contributed by atoms with E-state index in [1.807, 2.05) is 62.3 Å². The van der Waals surface area contributed by atoms with Gasteiger partial charge < -0.3 is 15.0 Å². The third-order valence-corrected chi connectivity index (χ3v) is 7.22. The molecule has 1 N–H and O–H groups in total. The van der Waals surface area contributed by atoms with Gasteiger partial charge in [-0.15, -0.1) is 0 Å². The average Bonchev–Trinajstić information content (AvgIpc) is 3.14. The van der Waals surface area contributed by atoms with Crippen LogP contribution in [0.15, 0.2) is 71.6 Å². The number of hydrogen-bond donors (Lipinski definition) is 1. The second kappa shape index (κ2) is 11.2. The lowest BCUT2D eigenvalue weighted by Crippen LogP contribution is -2.27. The van der Waals surface area contributed by atoms with Crippen molar-refractivity contribution < 1.29 is 14.3 Å². The quantitative estimate of drug-likeness (QED) is 0.288. The van der Waals surface area contributed by atoms with E-state index in [0.29, 0.717) is 25.7 Å². The van der Waals surface area contributed by atoms with Gasteiger partial charge in [0.1, 0.15) is 5.75 Å². The lowest BCUT2D eigenvalue weighted by molar-refractivity contribution is -0.118. The van der Waals surface area contributed by atoms with Crippen molar-refractivity contribution in [3.8, 4) is 5.75 Å². The first-order chi connectivity index (χ1) is 17.2. The number of benzene rings is 3. The number of anilines is 3. The van der Waals surface area contributed by atoms with Gasteiger partial charge in [-0.25, -0.2) is 0 Å². The zero-order valence-electron chi connectivity index (χ0n) is 19.9. The Hall–Kier alpha value is -3.33. The van der Waals surface area contributed by atoms with Gasteiger partial charge >= 0.3 is 0 Å². The predicted molar refractivity (Wildman–Crippen MR) is 153 cm³/mol. The molecule has 0 unspecified atom stereocenters. The van der Waals surface area contributed by atoms with Crippen LogP contribution < -0.4 is 19.9 Å².